The van der Waals surface area contributed by atoms with Crippen LogP contribution in [0.5, 0.6) is 0 Å². The molecule has 136 valence electrons. The number of aromatic nitrogens is 1. The number of ether oxygens (including phenoxy) is 1. The Labute approximate surface area is 151 Å². The van der Waals surface area contributed by atoms with E-state index in [-0.39, 0.29) is 23.1 Å². The highest BCUT2D eigenvalue weighted by Crippen LogP contribution is 2.17. The van der Waals surface area contributed by atoms with E-state index in [0.29, 0.717) is 11.3 Å². The van der Waals surface area contributed by atoms with Crippen LogP contribution in [0.2, 0.25) is 0 Å². The number of hydrogen-bond acceptors (Lipinski definition) is 5. The van der Waals surface area contributed by atoms with Crippen LogP contribution in [0.1, 0.15) is 51.3 Å². The second kappa shape index (κ2) is 8.75. The Morgan fingerprint density at radius 3 is 2.42 bits per heavy atom. The van der Waals surface area contributed by atoms with Crippen LogP contribution in [0, 0.1) is 0 Å². The molecule has 7 heteroatoms. The van der Waals surface area contributed by atoms with Crippen LogP contribution in [-0.2, 0) is 4.74 Å². The van der Waals surface area contributed by atoms with E-state index < -0.39 is 11.9 Å². The molecule has 0 aliphatic carbocycles. The standard InChI is InChI=1S/C19H21N3O4/c1-4-12(2)21-17(23)13-9-14(11-20-10-13)18(24)22-16-8-6-5-7-15(16)19(25)26-3/h5-12H,4H2,1-3H3,(H,21,23)(H,22,24). The number of benzene rings is 1. The Hall–Kier alpha value is -3.22. The summed E-state index contributed by atoms with van der Waals surface area (Å²) in [5.41, 5.74) is 1.06. The lowest BCUT2D eigenvalue weighted by Crippen LogP contribution is -2.32. The summed E-state index contributed by atoms with van der Waals surface area (Å²) in [4.78, 5) is 40.4. The molecule has 26 heavy (non-hydrogen) atoms. The summed E-state index contributed by atoms with van der Waals surface area (Å²) < 4.78 is 4.71. The minimum Gasteiger partial charge on any atom is -0.465 e. The van der Waals surface area contributed by atoms with Gasteiger partial charge in [0.15, 0.2) is 0 Å². The van der Waals surface area contributed by atoms with Crippen molar-refractivity contribution in [1.29, 1.82) is 0 Å². The zero-order chi connectivity index (χ0) is 19.1. The molecule has 0 saturated heterocycles. The Kier molecular flexibility index (Phi) is 6.43. The van der Waals surface area contributed by atoms with Crippen LogP contribution in [0.15, 0.2) is 42.7 Å². The van der Waals surface area contributed by atoms with Crippen molar-refractivity contribution >= 4 is 23.5 Å². The number of hydrogen-bond donors (Lipinski definition) is 2. The minimum atomic E-state index is -0.555. The first kappa shape index (κ1) is 19.1. The van der Waals surface area contributed by atoms with Crippen LogP contribution >= 0.6 is 0 Å². The van der Waals surface area contributed by atoms with Crippen LogP contribution in [0.3, 0.4) is 0 Å². The van der Waals surface area contributed by atoms with Gasteiger partial charge in [0.2, 0.25) is 0 Å². The number of carbonyl (C=O) groups excluding carboxylic acids is 3. The van der Waals surface area contributed by atoms with Crippen molar-refractivity contribution in [1.82, 2.24) is 10.3 Å². The fraction of sp³-hybridized carbons (Fsp3) is 0.263. The van der Waals surface area contributed by atoms with Gasteiger partial charge in [0.1, 0.15) is 0 Å². The van der Waals surface area contributed by atoms with Crippen LogP contribution in [0.25, 0.3) is 0 Å². The smallest absolute Gasteiger partial charge is 0.339 e. The zero-order valence-corrected chi connectivity index (χ0v) is 14.9. The summed E-state index contributed by atoms with van der Waals surface area (Å²) in [6.45, 7) is 3.86. The van der Waals surface area contributed by atoms with Crippen molar-refractivity contribution < 1.29 is 19.1 Å². The Morgan fingerprint density at radius 2 is 1.77 bits per heavy atom. The van der Waals surface area contributed by atoms with Crippen LogP contribution in [-0.4, -0.2) is 35.9 Å². The van der Waals surface area contributed by atoms with Gasteiger partial charge in [-0.25, -0.2) is 4.79 Å². The highest BCUT2D eigenvalue weighted by atomic mass is 16.5. The molecular weight excluding hydrogens is 334 g/mol. The molecule has 0 spiro atoms. The summed E-state index contributed by atoms with van der Waals surface area (Å²) in [5.74, 6) is -1.33. The monoisotopic (exact) mass is 355 g/mol. The molecule has 0 radical (unpaired) electrons. The molecule has 2 N–H and O–H groups in total. The maximum atomic E-state index is 12.5. The number of para-hydroxylation sites is 1. The molecule has 0 saturated carbocycles. The second-order valence-electron chi connectivity index (χ2n) is 5.74. The van der Waals surface area contributed by atoms with Gasteiger partial charge in [0.05, 0.1) is 29.5 Å². The topological polar surface area (TPSA) is 97.4 Å². The lowest BCUT2D eigenvalue weighted by Gasteiger charge is -2.12. The summed E-state index contributed by atoms with van der Waals surface area (Å²) in [6.07, 6.45) is 3.55. The molecule has 0 aliphatic heterocycles. The quantitative estimate of drug-likeness (QED) is 0.777. The van der Waals surface area contributed by atoms with Gasteiger partial charge in [0, 0.05) is 18.4 Å². The molecule has 7 nitrogen and oxygen atoms in total. The number of nitrogens with zero attached hydrogens (tertiary/aromatic N) is 1. The average molecular weight is 355 g/mol. The minimum absolute atomic E-state index is 0.0203. The lowest BCUT2D eigenvalue weighted by atomic mass is 10.1. The van der Waals surface area contributed by atoms with Crippen molar-refractivity contribution in [3.05, 3.63) is 59.4 Å². The van der Waals surface area contributed by atoms with Gasteiger partial charge >= 0.3 is 5.97 Å². The normalized spacial score (nSPS) is 11.3. The number of pyridine rings is 1. The number of anilines is 1. The maximum Gasteiger partial charge on any atom is 0.339 e. The zero-order valence-electron chi connectivity index (χ0n) is 14.9. The third-order valence-corrected chi connectivity index (χ3v) is 3.83. The number of nitrogens with one attached hydrogen (secondary N) is 2. The van der Waals surface area contributed by atoms with E-state index in [9.17, 15) is 14.4 Å². The summed E-state index contributed by atoms with van der Waals surface area (Å²) >= 11 is 0. The molecule has 0 aliphatic rings. The third-order valence-electron chi connectivity index (χ3n) is 3.83. The average Bonchev–Trinajstić information content (AvgIpc) is 2.67. The van der Waals surface area contributed by atoms with Gasteiger partial charge in [-0.1, -0.05) is 19.1 Å². The maximum absolute atomic E-state index is 12.5. The number of methoxy groups -OCH3 is 1. The fourth-order valence-electron chi connectivity index (χ4n) is 2.17. The first-order valence-electron chi connectivity index (χ1n) is 8.20. The lowest BCUT2D eigenvalue weighted by molar-refractivity contribution is 0.0601. The van der Waals surface area contributed by atoms with Crippen molar-refractivity contribution in [3.63, 3.8) is 0 Å². The highest BCUT2D eigenvalue weighted by Gasteiger charge is 2.16. The molecule has 1 heterocycles. The summed E-state index contributed by atoms with van der Waals surface area (Å²) in [7, 11) is 1.27. The molecule has 1 aromatic heterocycles. The second-order valence-corrected chi connectivity index (χ2v) is 5.74. The summed E-state index contributed by atoms with van der Waals surface area (Å²) in [6, 6.07) is 7.99. The molecule has 1 aromatic carbocycles. The summed E-state index contributed by atoms with van der Waals surface area (Å²) in [5, 5.41) is 5.47. The van der Waals surface area contributed by atoms with E-state index >= 15 is 0 Å². The van der Waals surface area contributed by atoms with Crippen LogP contribution < -0.4 is 10.6 Å². The number of rotatable bonds is 6. The molecule has 2 rings (SSSR count). The van der Waals surface area contributed by atoms with E-state index in [0.717, 1.165) is 6.42 Å². The first-order chi connectivity index (χ1) is 12.5. The predicted molar refractivity (Wildman–Crippen MR) is 97.2 cm³/mol. The van der Waals surface area contributed by atoms with Crippen molar-refractivity contribution in [2.45, 2.75) is 26.3 Å². The van der Waals surface area contributed by atoms with E-state index in [1.165, 1.54) is 25.6 Å². The molecular formula is C19H21N3O4. The SMILES string of the molecule is CCC(C)NC(=O)c1cncc(C(=O)Nc2ccccc2C(=O)OC)c1. The number of esters is 1. The Balaban J connectivity index is 2.20. The van der Waals surface area contributed by atoms with Gasteiger partial charge in [-0.3, -0.25) is 14.6 Å². The van der Waals surface area contributed by atoms with E-state index in [1.807, 2.05) is 13.8 Å². The molecule has 0 bridgehead atoms. The third kappa shape index (κ3) is 4.66. The van der Waals surface area contributed by atoms with Gasteiger partial charge in [-0.2, -0.15) is 0 Å². The van der Waals surface area contributed by atoms with Gasteiger partial charge in [-0.15, -0.1) is 0 Å². The van der Waals surface area contributed by atoms with E-state index in [1.54, 1.807) is 24.3 Å². The van der Waals surface area contributed by atoms with E-state index in [2.05, 4.69) is 15.6 Å². The molecule has 1 atom stereocenters. The molecule has 1 unspecified atom stereocenters. The molecule has 0 fully saturated rings. The van der Waals surface area contributed by atoms with Gasteiger partial charge in [0.25, 0.3) is 11.8 Å². The van der Waals surface area contributed by atoms with Gasteiger partial charge in [-0.05, 0) is 31.5 Å². The predicted octanol–water partition coefficient (Wildman–Crippen LogP) is 2.65. The Morgan fingerprint density at radius 1 is 1.12 bits per heavy atom. The number of carbonyl (C=O) groups is 3. The van der Waals surface area contributed by atoms with Crippen molar-refractivity contribution in [2.75, 3.05) is 12.4 Å². The van der Waals surface area contributed by atoms with Gasteiger partial charge < -0.3 is 15.4 Å². The molecule has 2 aromatic rings. The highest BCUT2D eigenvalue weighted by molar-refractivity contribution is 6.08. The van der Waals surface area contributed by atoms with Crippen LogP contribution in [0.4, 0.5) is 5.69 Å². The van der Waals surface area contributed by atoms with Crippen molar-refractivity contribution in [3.8, 4) is 0 Å². The molecule has 2 amide bonds. The van der Waals surface area contributed by atoms with Crippen molar-refractivity contribution in [2.24, 2.45) is 0 Å². The Bertz CT molecular complexity index is 820. The number of amides is 2. The largest absolute Gasteiger partial charge is 0.465 e. The van der Waals surface area contributed by atoms with E-state index in [4.69, 9.17) is 4.74 Å². The fourth-order valence-corrected chi connectivity index (χ4v) is 2.17. The first-order valence-corrected chi connectivity index (χ1v) is 8.20.